The summed E-state index contributed by atoms with van der Waals surface area (Å²) in [7, 11) is 0. The molecule has 2 amide bonds. The minimum absolute atomic E-state index is 0.00174. The first kappa shape index (κ1) is 18.6. The zero-order chi connectivity index (χ0) is 21.0. The molecule has 152 valence electrons. The van der Waals surface area contributed by atoms with E-state index in [2.05, 4.69) is 20.1 Å². The summed E-state index contributed by atoms with van der Waals surface area (Å²) < 4.78 is 29.7. The molecule has 2 saturated carbocycles. The van der Waals surface area contributed by atoms with E-state index in [1.807, 2.05) is 0 Å². The maximum absolute atomic E-state index is 15.2. The standard InChI is InChI=1S/C21H17F2N5O2/c1-24-12-7-25-20(26-8-12)27-16(29)9-28-10-21(6-15(21)22)17-14(19(28)30)5-4-13(18(17)23)11-2-3-11/h4-5,7-8,11,15H,2-3,6,9-10H2,(H,25,26,27,29)/t15-,21+/m1/s1. The Morgan fingerprint density at radius 3 is 2.63 bits per heavy atom. The Hall–Kier alpha value is -3.41. The molecular formula is C21H17F2N5O2. The first-order valence-corrected chi connectivity index (χ1v) is 9.68. The molecule has 0 radical (unpaired) electrons. The molecule has 30 heavy (non-hydrogen) atoms. The van der Waals surface area contributed by atoms with Crippen LogP contribution in [0.1, 0.15) is 46.7 Å². The van der Waals surface area contributed by atoms with Crippen LogP contribution in [-0.2, 0) is 10.2 Å². The van der Waals surface area contributed by atoms with Crippen molar-refractivity contribution in [3.05, 3.63) is 58.5 Å². The fourth-order valence-corrected chi connectivity index (χ4v) is 4.22. The third-order valence-corrected chi connectivity index (χ3v) is 6.01. The average molecular weight is 409 g/mol. The van der Waals surface area contributed by atoms with E-state index in [-0.39, 0.29) is 48.2 Å². The number of anilines is 1. The maximum Gasteiger partial charge on any atom is 0.254 e. The molecule has 1 aromatic heterocycles. The molecule has 1 aromatic carbocycles. The van der Waals surface area contributed by atoms with Gasteiger partial charge in [-0.05, 0) is 36.8 Å². The van der Waals surface area contributed by atoms with Gasteiger partial charge in [-0.3, -0.25) is 14.9 Å². The average Bonchev–Trinajstić information content (AvgIpc) is 3.65. The molecule has 1 aliphatic heterocycles. The molecule has 5 rings (SSSR count). The molecule has 2 aromatic rings. The highest BCUT2D eigenvalue weighted by Gasteiger charge is 2.62. The number of alkyl halides is 1. The van der Waals surface area contributed by atoms with Gasteiger partial charge in [0.15, 0.2) is 0 Å². The van der Waals surface area contributed by atoms with E-state index in [1.54, 1.807) is 12.1 Å². The third-order valence-electron chi connectivity index (χ3n) is 6.01. The zero-order valence-corrected chi connectivity index (χ0v) is 15.9. The monoisotopic (exact) mass is 409 g/mol. The highest BCUT2D eigenvalue weighted by atomic mass is 19.1. The molecule has 2 heterocycles. The van der Waals surface area contributed by atoms with Crippen molar-refractivity contribution in [1.82, 2.24) is 14.9 Å². The number of carbonyl (C=O) groups excluding carboxylic acids is 2. The lowest BCUT2D eigenvalue weighted by molar-refractivity contribution is -0.117. The number of amides is 2. The van der Waals surface area contributed by atoms with E-state index < -0.39 is 29.2 Å². The van der Waals surface area contributed by atoms with Crippen molar-refractivity contribution >= 4 is 23.5 Å². The van der Waals surface area contributed by atoms with Gasteiger partial charge in [0.05, 0.1) is 12.0 Å². The van der Waals surface area contributed by atoms with Crippen molar-refractivity contribution in [1.29, 1.82) is 0 Å². The van der Waals surface area contributed by atoms with Gasteiger partial charge in [-0.1, -0.05) is 6.07 Å². The van der Waals surface area contributed by atoms with Gasteiger partial charge in [0.25, 0.3) is 5.91 Å². The Labute approximate surface area is 170 Å². The molecule has 2 fully saturated rings. The largest absolute Gasteiger partial charge is 0.328 e. The van der Waals surface area contributed by atoms with Gasteiger partial charge in [-0.25, -0.2) is 23.6 Å². The van der Waals surface area contributed by atoms with Crippen LogP contribution >= 0.6 is 0 Å². The Morgan fingerprint density at radius 1 is 1.33 bits per heavy atom. The Balaban J connectivity index is 1.39. The second-order valence-corrected chi connectivity index (χ2v) is 8.08. The first-order chi connectivity index (χ1) is 14.4. The molecular weight excluding hydrogens is 392 g/mol. The smallest absolute Gasteiger partial charge is 0.254 e. The summed E-state index contributed by atoms with van der Waals surface area (Å²) in [5.41, 5.74) is 0.0268. The van der Waals surface area contributed by atoms with Crippen LogP contribution in [0.4, 0.5) is 20.4 Å². The number of aromatic nitrogens is 2. The number of nitrogens with one attached hydrogen (secondary N) is 1. The van der Waals surface area contributed by atoms with Crippen LogP contribution in [0.5, 0.6) is 0 Å². The van der Waals surface area contributed by atoms with Gasteiger partial charge in [0, 0.05) is 30.1 Å². The number of nitrogens with zero attached hydrogens (tertiary/aromatic N) is 4. The highest BCUT2D eigenvalue weighted by molar-refractivity contribution is 6.01. The van der Waals surface area contributed by atoms with E-state index in [9.17, 15) is 14.0 Å². The zero-order valence-electron chi connectivity index (χ0n) is 15.9. The lowest BCUT2D eigenvalue weighted by Crippen LogP contribution is -2.48. The second-order valence-electron chi connectivity index (χ2n) is 8.08. The van der Waals surface area contributed by atoms with E-state index >= 15 is 4.39 Å². The van der Waals surface area contributed by atoms with Crippen LogP contribution in [0, 0.1) is 12.4 Å². The van der Waals surface area contributed by atoms with Crippen molar-refractivity contribution in [2.45, 2.75) is 36.8 Å². The number of fused-ring (bicyclic) bond motifs is 2. The number of hydrogen-bond donors (Lipinski definition) is 1. The summed E-state index contributed by atoms with van der Waals surface area (Å²) in [5.74, 6) is -1.35. The normalized spacial score (nSPS) is 24.4. The predicted octanol–water partition coefficient (Wildman–Crippen LogP) is 3.12. The summed E-state index contributed by atoms with van der Waals surface area (Å²) in [6, 6.07) is 3.18. The fraction of sp³-hybridized carbons (Fsp3) is 0.381. The number of hydrogen-bond acceptors (Lipinski definition) is 4. The Kier molecular flexibility index (Phi) is 4.07. The SMILES string of the molecule is [C-]#[N+]c1cnc(NC(=O)CN2C[C@]3(C[C@H]3F)c3c(ccc(C4CC4)c3F)C2=O)nc1. The van der Waals surface area contributed by atoms with Gasteiger partial charge < -0.3 is 4.90 Å². The Morgan fingerprint density at radius 2 is 2.03 bits per heavy atom. The molecule has 0 saturated heterocycles. The van der Waals surface area contributed by atoms with Crippen molar-refractivity contribution in [2.75, 3.05) is 18.4 Å². The summed E-state index contributed by atoms with van der Waals surface area (Å²) in [5, 5.41) is 2.46. The van der Waals surface area contributed by atoms with Crippen LogP contribution in [0.2, 0.25) is 0 Å². The first-order valence-electron chi connectivity index (χ1n) is 9.68. The molecule has 2 aliphatic carbocycles. The summed E-state index contributed by atoms with van der Waals surface area (Å²) >= 11 is 0. The summed E-state index contributed by atoms with van der Waals surface area (Å²) in [6.07, 6.45) is 3.23. The Bertz CT molecular complexity index is 1110. The lowest BCUT2D eigenvalue weighted by Gasteiger charge is -2.35. The summed E-state index contributed by atoms with van der Waals surface area (Å²) in [4.78, 5) is 37.5. The quantitative estimate of drug-likeness (QED) is 0.787. The molecule has 7 nitrogen and oxygen atoms in total. The number of rotatable bonds is 4. The minimum atomic E-state index is -1.25. The molecule has 3 aliphatic rings. The maximum atomic E-state index is 15.2. The van der Waals surface area contributed by atoms with Gasteiger partial charge in [-0.15, -0.1) is 0 Å². The molecule has 0 bridgehead atoms. The molecule has 0 unspecified atom stereocenters. The number of carbonyl (C=O) groups is 2. The van der Waals surface area contributed by atoms with Crippen LogP contribution in [0.3, 0.4) is 0 Å². The van der Waals surface area contributed by atoms with Crippen molar-refractivity contribution in [3.63, 3.8) is 0 Å². The molecule has 1 N–H and O–H groups in total. The van der Waals surface area contributed by atoms with Gasteiger partial charge in [0.1, 0.15) is 18.5 Å². The number of benzene rings is 1. The number of halogens is 2. The van der Waals surface area contributed by atoms with Crippen molar-refractivity contribution < 1.29 is 18.4 Å². The molecule has 9 heteroatoms. The van der Waals surface area contributed by atoms with Crippen LogP contribution in [0.25, 0.3) is 4.85 Å². The van der Waals surface area contributed by atoms with Crippen LogP contribution in [0.15, 0.2) is 24.5 Å². The van der Waals surface area contributed by atoms with E-state index in [1.165, 1.54) is 17.3 Å². The van der Waals surface area contributed by atoms with E-state index in [4.69, 9.17) is 6.57 Å². The van der Waals surface area contributed by atoms with Gasteiger partial charge >= 0.3 is 0 Å². The lowest BCUT2D eigenvalue weighted by atomic mass is 9.83. The van der Waals surface area contributed by atoms with Crippen molar-refractivity contribution in [3.8, 4) is 0 Å². The van der Waals surface area contributed by atoms with Crippen LogP contribution < -0.4 is 5.32 Å². The van der Waals surface area contributed by atoms with Gasteiger partial charge in [0.2, 0.25) is 17.5 Å². The van der Waals surface area contributed by atoms with Crippen LogP contribution in [-0.4, -0.2) is 45.9 Å². The van der Waals surface area contributed by atoms with E-state index in [0.29, 0.717) is 5.56 Å². The molecule has 1 spiro atoms. The minimum Gasteiger partial charge on any atom is -0.328 e. The van der Waals surface area contributed by atoms with E-state index in [0.717, 1.165) is 12.8 Å². The predicted molar refractivity (Wildman–Crippen MR) is 102 cm³/mol. The third kappa shape index (κ3) is 2.91. The van der Waals surface area contributed by atoms with Gasteiger partial charge in [-0.2, -0.15) is 0 Å². The second kappa shape index (κ2) is 6.55. The fourth-order valence-electron chi connectivity index (χ4n) is 4.22. The van der Waals surface area contributed by atoms with Crippen molar-refractivity contribution in [2.24, 2.45) is 0 Å². The topological polar surface area (TPSA) is 79.5 Å². The highest BCUT2D eigenvalue weighted by Crippen LogP contribution is 2.56. The molecule has 2 atom stereocenters. The summed E-state index contributed by atoms with van der Waals surface area (Å²) in [6.45, 7) is 6.51.